The van der Waals surface area contributed by atoms with Crippen molar-refractivity contribution in [1.82, 2.24) is 25.8 Å². The lowest BCUT2D eigenvalue weighted by molar-refractivity contribution is -0.176. The molecule has 0 spiro atoms. The van der Waals surface area contributed by atoms with E-state index in [1.165, 1.54) is 39.1 Å². The summed E-state index contributed by atoms with van der Waals surface area (Å²) in [6, 6.07) is 0.215. The second-order valence-electron chi connectivity index (χ2n) is 13.1. The van der Waals surface area contributed by atoms with E-state index in [2.05, 4.69) is 15.6 Å². The number of nitrogens with zero attached hydrogens (tertiary/aromatic N) is 2. The van der Waals surface area contributed by atoms with Crippen LogP contribution in [0.5, 0.6) is 0 Å². The molecule has 0 aromatic carbocycles. The number of aromatic nitrogens is 1. The van der Waals surface area contributed by atoms with Gasteiger partial charge in [0.1, 0.15) is 17.8 Å². The third kappa shape index (κ3) is 6.42. The summed E-state index contributed by atoms with van der Waals surface area (Å²) in [6.07, 6.45) is -3.68. The molecule has 2 saturated heterocycles. The molecule has 0 bridgehead atoms. The van der Waals surface area contributed by atoms with Gasteiger partial charge in [0.15, 0.2) is 0 Å². The fourth-order valence-corrected chi connectivity index (χ4v) is 6.27. The molecule has 3 heterocycles. The van der Waals surface area contributed by atoms with E-state index in [0.717, 1.165) is 4.90 Å². The number of carbonyl (C=O) groups is 6. The van der Waals surface area contributed by atoms with Crippen molar-refractivity contribution >= 4 is 35.2 Å². The molecule has 1 aromatic rings. The molecule has 14 heteroatoms. The fourth-order valence-electron chi connectivity index (χ4n) is 6.27. The molecule has 1 aromatic heterocycles. The summed E-state index contributed by atoms with van der Waals surface area (Å²) in [6.45, 7) is 8.69. The third-order valence-corrected chi connectivity index (χ3v) is 8.84. The van der Waals surface area contributed by atoms with Crippen LogP contribution in [0.15, 0.2) is 24.4 Å². The molecule has 234 valence electrons. The second-order valence-corrected chi connectivity index (χ2v) is 13.1. The number of hydrogen-bond acceptors (Lipinski definition) is 7. The van der Waals surface area contributed by atoms with Gasteiger partial charge >= 0.3 is 12.1 Å². The summed E-state index contributed by atoms with van der Waals surface area (Å²) in [7, 11) is 0. The van der Waals surface area contributed by atoms with Crippen LogP contribution in [0.4, 0.5) is 13.2 Å². The number of Topliss-reactive ketones (excluding diaryl/α,β-unsaturated/α-hetero) is 2. The number of alkyl halides is 3. The molecule has 11 nitrogen and oxygen atoms in total. The Kier molecular flexibility index (Phi) is 8.46. The molecule has 4 rings (SSSR count). The predicted octanol–water partition coefficient (Wildman–Crippen LogP) is 1.42. The van der Waals surface area contributed by atoms with Gasteiger partial charge in [-0.2, -0.15) is 13.2 Å². The van der Waals surface area contributed by atoms with Crippen molar-refractivity contribution in [1.29, 1.82) is 0 Å². The quantitative estimate of drug-likeness (QED) is 0.283. The van der Waals surface area contributed by atoms with Crippen molar-refractivity contribution in [2.45, 2.75) is 71.8 Å². The summed E-state index contributed by atoms with van der Waals surface area (Å²) >= 11 is 0. The van der Waals surface area contributed by atoms with Gasteiger partial charge in [0.25, 0.3) is 0 Å². The summed E-state index contributed by atoms with van der Waals surface area (Å²) in [5.41, 5.74) is -1.68. The summed E-state index contributed by atoms with van der Waals surface area (Å²) < 4.78 is 39.4. The minimum absolute atomic E-state index is 0.0551. The first-order chi connectivity index (χ1) is 19.9. The number of nitrogens with one attached hydrogen (secondary N) is 3. The Morgan fingerprint density at radius 1 is 1.12 bits per heavy atom. The zero-order valence-corrected chi connectivity index (χ0v) is 24.6. The topological polar surface area (TPSA) is 155 Å². The summed E-state index contributed by atoms with van der Waals surface area (Å²) in [4.78, 5) is 83.3. The predicted molar refractivity (Wildman–Crippen MR) is 145 cm³/mol. The van der Waals surface area contributed by atoms with Crippen LogP contribution in [0.2, 0.25) is 0 Å². The second kappa shape index (κ2) is 11.3. The van der Waals surface area contributed by atoms with Crippen LogP contribution in [-0.4, -0.2) is 82.5 Å². The summed E-state index contributed by atoms with van der Waals surface area (Å²) in [5.74, 6) is -7.38. The van der Waals surface area contributed by atoms with Gasteiger partial charge < -0.3 is 20.9 Å². The zero-order valence-electron chi connectivity index (χ0n) is 24.6. The smallest absolute Gasteiger partial charge is 0.356 e. The molecule has 0 radical (unpaired) electrons. The lowest BCUT2D eigenvalue weighted by Gasteiger charge is -2.38. The number of fused-ring (bicyclic) bond motifs is 1. The van der Waals surface area contributed by atoms with Crippen molar-refractivity contribution in [3.05, 3.63) is 30.1 Å². The molecule has 4 amide bonds. The van der Waals surface area contributed by atoms with E-state index in [0.29, 0.717) is 13.0 Å². The number of ketones is 2. The molecule has 3 aliphatic rings. The number of pyridine rings is 1. The SMILES string of the molecule is CC(C)(C)[C@H](NC(=O)C(F)(F)F)C(=O)N1C[C@H]2C([C@H]1C(=O)NC(CC1CCNC1=O)C(=O)C(=O)c1ccccn1)C2(C)C. The highest BCUT2D eigenvalue weighted by Gasteiger charge is 2.70. The van der Waals surface area contributed by atoms with E-state index in [1.54, 1.807) is 11.4 Å². The van der Waals surface area contributed by atoms with Crippen molar-refractivity contribution in [2.24, 2.45) is 28.6 Å². The maximum absolute atomic E-state index is 13.9. The number of likely N-dealkylation sites (tertiary alicyclic amines) is 1. The molecule has 6 atom stereocenters. The molecule has 43 heavy (non-hydrogen) atoms. The van der Waals surface area contributed by atoms with Crippen LogP contribution in [0, 0.1) is 28.6 Å². The van der Waals surface area contributed by atoms with E-state index in [4.69, 9.17) is 0 Å². The molecule has 3 N–H and O–H groups in total. The third-order valence-electron chi connectivity index (χ3n) is 8.84. The van der Waals surface area contributed by atoms with Crippen molar-refractivity contribution in [2.75, 3.05) is 13.1 Å². The fraction of sp³-hybridized carbons (Fsp3) is 0.621. The van der Waals surface area contributed by atoms with Gasteiger partial charge in [-0.25, -0.2) is 0 Å². The highest BCUT2D eigenvalue weighted by Crippen LogP contribution is 2.65. The van der Waals surface area contributed by atoms with Gasteiger partial charge in [-0.1, -0.05) is 40.7 Å². The molecule has 1 saturated carbocycles. The molecule has 2 aliphatic heterocycles. The molecule has 1 aliphatic carbocycles. The number of amides is 4. The van der Waals surface area contributed by atoms with Crippen LogP contribution in [-0.2, 0) is 24.0 Å². The Labute approximate surface area is 246 Å². The number of rotatable bonds is 9. The average Bonchev–Trinajstić information content (AvgIpc) is 3.27. The normalized spacial score (nSPS) is 25.7. The first-order valence-corrected chi connectivity index (χ1v) is 14.1. The van der Waals surface area contributed by atoms with Crippen molar-refractivity contribution in [3.8, 4) is 0 Å². The van der Waals surface area contributed by atoms with Crippen LogP contribution < -0.4 is 16.0 Å². The standard InChI is InChI=1S/C29H36F3N5O6/c1-27(2,3)22(36-26(43)29(30,31)32)25(42)37-13-15-18(28(15,4)5)19(37)24(41)35-17(12-14-9-11-34-23(14)40)21(39)20(38)16-8-6-7-10-33-16/h6-8,10,14-15,17-19,22H,9,11-13H2,1-5H3,(H,34,40)(H,35,41)(H,36,43)/t14?,15-,17?,18?,19-,22+/m0/s1. The Hall–Kier alpha value is -3.84. The number of hydrogen-bond donors (Lipinski definition) is 3. The highest BCUT2D eigenvalue weighted by molar-refractivity contribution is 6.45. The number of halogens is 3. The molecule has 3 unspecified atom stereocenters. The first-order valence-electron chi connectivity index (χ1n) is 14.1. The Balaban J connectivity index is 1.62. The van der Waals surface area contributed by atoms with Gasteiger partial charge in [0.05, 0.1) is 6.04 Å². The van der Waals surface area contributed by atoms with Gasteiger partial charge in [-0.05, 0) is 47.6 Å². The van der Waals surface area contributed by atoms with E-state index < -0.39 is 64.9 Å². The lowest BCUT2D eigenvalue weighted by atomic mass is 9.85. The Bertz CT molecular complexity index is 1330. The average molecular weight is 608 g/mol. The van der Waals surface area contributed by atoms with Crippen LogP contribution >= 0.6 is 0 Å². The first kappa shape index (κ1) is 32.1. The van der Waals surface area contributed by atoms with E-state index in [-0.39, 0.29) is 41.8 Å². The van der Waals surface area contributed by atoms with Crippen LogP contribution in [0.1, 0.15) is 57.9 Å². The van der Waals surface area contributed by atoms with E-state index in [1.807, 2.05) is 13.8 Å². The maximum atomic E-state index is 13.9. The van der Waals surface area contributed by atoms with E-state index >= 15 is 0 Å². The van der Waals surface area contributed by atoms with Crippen molar-refractivity contribution < 1.29 is 41.9 Å². The minimum atomic E-state index is -5.23. The van der Waals surface area contributed by atoms with E-state index in [9.17, 15) is 41.9 Å². The molecule has 3 fully saturated rings. The lowest BCUT2D eigenvalue weighted by Crippen LogP contribution is -2.61. The zero-order chi connectivity index (χ0) is 32.1. The number of carbonyl (C=O) groups excluding carboxylic acids is 6. The monoisotopic (exact) mass is 607 g/mol. The maximum Gasteiger partial charge on any atom is 0.471 e. The van der Waals surface area contributed by atoms with Crippen molar-refractivity contribution in [3.63, 3.8) is 0 Å². The van der Waals surface area contributed by atoms with Gasteiger partial charge in [-0.15, -0.1) is 0 Å². The van der Waals surface area contributed by atoms with Gasteiger partial charge in [0.2, 0.25) is 29.3 Å². The molecular formula is C29H36F3N5O6. The minimum Gasteiger partial charge on any atom is -0.356 e. The Morgan fingerprint density at radius 2 is 1.79 bits per heavy atom. The largest absolute Gasteiger partial charge is 0.471 e. The summed E-state index contributed by atoms with van der Waals surface area (Å²) in [5, 5.41) is 7.05. The number of piperidine rings is 1. The van der Waals surface area contributed by atoms with Crippen LogP contribution in [0.25, 0.3) is 0 Å². The Morgan fingerprint density at radius 3 is 2.33 bits per heavy atom. The highest BCUT2D eigenvalue weighted by atomic mass is 19.4. The molecular weight excluding hydrogens is 571 g/mol. The van der Waals surface area contributed by atoms with Gasteiger partial charge in [-0.3, -0.25) is 33.8 Å². The van der Waals surface area contributed by atoms with Crippen LogP contribution in [0.3, 0.4) is 0 Å². The van der Waals surface area contributed by atoms with Gasteiger partial charge in [0, 0.05) is 25.2 Å².